The molecule has 1 aromatic rings. The van der Waals surface area contributed by atoms with Crippen LogP contribution in [0.1, 0.15) is 19.8 Å². The summed E-state index contributed by atoms with van der Waals surface area (Å²) in [4.78, 5) is 21.9. The smallest absolute Gasteiger partial charge is 0.319 e. The normalized spacial score (nSPS) is 11.7. The second-order valence-electron chi connectivity index (χ2n) is 4.06. The molecule has 0 saturated carbocycles. The molecule has 0 heterocycles. The number of rotatable bonds is 5. The molecule has 3 N–H and O–H groups in total. The molecule has 0 saturated heterocycles. The lowest BCUT2D eigenvalue weighted by molar-refractivity contribution is -0.137. The highest BCUT2D eigenvalue weighted by Gasteiger charge is 2.11. The molecule has 0 aliphatic heterocycles. The van der Waals surface area contributed by atoms with Crippen LogP contribution < -0.4 is 10.6 Å². The summed E-state index contributed by atoms with van der Waals surface area (Å²) in [6.45, 7) is 1.67. The van der Waals surface area contributed by atoms with Crippen molar-refractivity contribution in [1.29, 1.82) is 0 Å². The predicted molar refractivity (Wildman–Crippen MR) is 69.9 cm³/mol. The molecule has 0 aliphatic carbocycles. The lowest BCUT2D eigenvalue weighted by Gasteiger charge is -2.14. The summed E-state index contributed by atoms with van der Waals surface area (Å²) in [6.07, 6.45) is 0.253. The molecule has 0 fully saturated rings. The molecule has 7 heteroatoms. The van der Waals surface area contributed by atoms with Crippen LogP contribution in [0.25, 0.3) is 0 Å². The van der Waals surface area contributed by atoms with Crippen molar-refractivity contribution in [2.75, 3.05) is 5.32 Å². The highest BCUT2D eigenvalue weighted by atomic mass is 35.5. The van der Waals surface area contributed by atoms with E-state index in [2.05, 4.69) is 10.6 Å². The van der Waals surface area contributed by atoms with E-state index in [4.69, 9.17) is 16.7 Å². The molecule has 0 bridgehead atoms. The van der Waals surface area contributed by atoms with Gasteiger partial charge in [0.15, 0.2) is 0 Å². The summed E-state index contributed by atoms with van der Waals surface area (Å²) in [5.41, 5.74) is 0.00679. The van der Waals surface area contributed by atoms with Gasteiger partial charge in [0.1, 0.15) is 5.82 Å². The Morgan fingerprint density at radius 3 is 2.74 bits per heavy atom. The second-order valence-corrected chi connectivity index (χ2v) is 4.49. The highest BCUT2D eigenvalue weighted by Crippen LogP contribution is 2.18. The van der Waals surface area contributed by atoms with Crippen LogP contribution in [0.15, 0.2) is 18.2 Å². The van der Waals surface area contributed by atoms with E-state index in [1.54, 1.807) is 6.92 Å². The Balaban J connectivity index is 2.48. The average Bonchev–Trinajstić information content (AvgIpc) is 2.30. The third-order valence-corrected chi connectivity index (χ3v) is 2.58. The summed E-state index contributed by atoms with van der Waals surface area (Å²) >= 11 is 5.58. The molecule has 0 spiro atoms. The van der Waals surface area contributed by atoms with Gasteiger partial charge < -0.3 is 15.7 Å². The van der Waals surface area contributed by atoms with Crippen LogP contribution in [-0.2, 0) is 4.79 Å². The molecule has 1 unspecified atom stereocenters. The van der Waals surface area contributed by atoms with Crippen molar-refractivity contribution in [2.24, 2.45) is 0 Å². The summed E-state index contributed by atoms with van der Waals surface area (Å²) in [5, 5.41) is 13.6. The zero-order chi connectivity index (χ0) is 14.4. The third kappa shape index (κ3) is 5.56. The average molecular weight is 289 g/mol. The van der Waals surface area contributed by atoms with E-state index in [-0.39, 0.29) is 23.2 Å². The number of benzene rings is 1. The van der Waals surface area contributed by atoms with Crippen molar-refractivity contribution < 1.29 is 19.1 Å². The SMILES string of the molecule is CC(CCC(=O)O)NC(=O)Nc1ccc(Cl)cc1F. The van der Waals surface area contributed by atoms with Crippen LogP contribution in [0, 0.1) is 5.82 Å². The Kier molecular flexibility index (Phi) is 5.57. The van der Waals surface area contributed by atoms with Gasteiger partial charge in [-0.15, -0.1) is 0 Å². The monoisotopic (exact) mass is 288 g/mol. The zero-order valence-electron chi connectivity index (χ0n) is 10.2. The van der Waals surface area contributed by atoms with Crippen molar-refractivity contribution in [2.45, 2.75) is 25.8 Å². The maximum Gasteiger partial charge on any atom is 0.319 e. The third-order valence-electron chi connectivity index (χ3n) is 2.35. The van der Waals surface area contributed by atoms with Crippen LogP contribution in [0.4, 0.5) is 14.9 Å². The van der Waals surface area contributed by atoms with Crippen LogP contribution >= 0.6 is 11.6 Å². The minimum absolute atomic E-state index is 0.00679. The van der Waals surface area contributed by atoms with E-state index >= 15 is 0 Å². The minimum atomic E-state index is -0.933. The number of aliphatic carboxylic acids is 1. The first-order valence-corrected chi connectivity index (χ1v) is 6.00. The van der Waals surface area contributed by atoms with Gasteiger partial charge >= 0.3 is 12.0 Å². The van der Waals surface area contributed by atoms with Crippen LogP contribution in [-0.4, -0.2) is 23.1 Å². The van der Waals surface area contributed by atoms with E-state index in [0.29, 0.717) is 6.42 Å². The van der Waals surface area contributed by atoms with Gasteiger partial charge in [-0.2, -0.15) is 0 Å². The summed E-state index contributed by atoms with van der Waals surface area (Å²) in [5.74, 6) is -1.57. The lowest BCUT2D eigenvalue weighted by atomic mass is 10.2. The number of carboxylic acids is 1. The Labute approximate surface area is 114 Å². The van der Waals surface area contributed by atoms with Crippen LogP contribution in [0.2, 0.25) is 5.02 Å². The van der Waals surface area contributed by atoms with Gasteiger partial charge in [-0.25, -0.2) is 9.18 Å². The second kappa shape index (κ2) is 6.94. The standard InChI is InChI=1S/C12H14ClFN2O3/c1-7(2-5-11(17)18)15-12(19)16-10-4-3-8(13)6-9(10)14/h3-4,6-7H,2,5H2,1H3,(H,17,18)(H2,15,16,19). The van der Waals surface area contributed by atoms with Crippen LogP contribution in [0.3, 0.4) is 0 Å². The van der Waals surface area contributed by atoms with Gasteiger partial charge in [0.2, 0.25) is 0 Å². The number of amides is 2. The maximum atomic E-state index is 13.4. The van der Waals surface area contributed by atoms with Gasteiger partial charge in [0.25, 0.3) is 0 Å². The minimum Gasteiger partial charge on any atom is -0.481 e. The van der Waals surface area contributed by atoms with Crippen molar-refractivity contribution in [1.82, 2.24) is 5.32 Å². The van der Waals surface area contributed by atoms with Crippen LogP contribution in [0.5, 0.6) is 0 Å². The van der Waals surface area contributed by atoms with Gasteiger partial charge in [0.05, 0.1) is 5.69 Å². The lowest BCUT2D eigenvalue weighted by Crippen LogP contribution is -2.36. The molecule has 0 aliphatic rings. The Morgan fingerprint density at radius 1 is 1.47 bits per heavy atom. The van der Waals surface area contributed by atoms with E-state index in [1.165, 1.54) is 12.1 Å². The number of carboxylic acid groups (broad SMARTS) is 1. The van der Waals surface area contributed by atoms with Gasteiger partial charge in [-0.3, -0.25) is 4.79 Å². The van der Waals surface area contributed by atoms with Crippen molar-refractivity contribution >= 4 is 29.3 Å². The number of carbonyl (C=O) groups excluding carboxylic acids is 1. The fourth-order valence-electron chi connectivity index (χ4n) is 1.39. The molecule has 0 radical (unpaired) electrons. The quantitative estimate of drug-likeness (QED) is 0.779. The zero-order valence-corrected chi connectivity index (χ0v) is 11.0. The number of carbonyl (C=O) groups is 2. The summed E-state index contributed by atoms with van der Waals surface area (Å²) < 4.78 is 13.4. The van der Waals surface area contributed by atoms with Crippen molar-refractivity contribution in [3.63, 3.8) is 0 Å². The van der Waals surface area contributed by atoms with Crippen molar-refractivity contribution in [3.05, 3.63) is 29.0 Å². The molecule has 0 aromatic heterocycles. The van der Waals surface area contributed by atoms with E-state index < -0.39 is 17.8 Å². The molecule has 1 aromatic carbocycles. The number of hydrogen-bond donors (Lipinski definition) is 3. The van der Waals surface area contributed by atoms with Gasteiger partial charge in [-0.1, -0.05) is 11.6 Å². The van der Waals surface area contributed by atoms with Crippen molar-refractivity contribution in [3.8, 4) is 0 Å². The molecule has 19 heavy (non-hydrogen) atoms. The van der Waals surface area contributed by atoms with E-state index in [1.807, 2.05) is 0 Å². The molecule has 1 atom stereocenters. The summed E-state index contributed by atoms with van der Waals surface area (Å²) in [7, 11) is 0. The molecular weight excluding hydrogens is 275 g/mol. The predicted octanol–water partition coefficient (Wildman–Crippen LogP) is 2.85. The number of nitrogens with one attached hydrogen (secondary N) is 2. The number of hydrogen-bond acceptors (Lipinski definition) is 2. The molecule has 2 amide bonds. The first kappa shape index (κ1) is 15.2. The number of halogens is 2. The Bertz CT molecular complexity index is 482. The summed E-state index contributed by atoms with van der Waals surface area (Å²) in [6, 6.07) is 2.96. The Hall–Kier alpha value is -1.82. The van der Waals surface area contributed by atoms with Gasteiger partial charge in [-0.05, 0) is 31.5 Å². The molecule has 5 nitrogen and oxygen atoms in total. The number of urea groups is 1. The Morgan fingerprint density at radius 2 is 2.16 bits per heavy atom. The molecule has 1 rings (SSSR count). The first-order valence-electron chi connectivity index (χ1n) is 5.63. The van der Waals surface area contributed by atoms with Gasteiger partial charge in [0, 0.05) is 17.5 Å². The molecular formula is C12H14ClFN2O3. The van der Waals surface area contributed by atoms with E-state index in [0.717, 1.165) is 6.07 Å². The maximum absolute atomic E-state index is 13.4. The molecule has 104 valence electrons. The number of anilines is 1. The largest absolute Gasteiger partial charge is 0.481 e. The fourth-order valence-corrected chi connectivity index (χ4v) is 1.54. The fraction of sp³-hybridized carbons (Fsp3) is 0.333. The van der Waals surface area contributed by atoms with E-state index in [9.17, 15) is 14.0 Å². The topological polar surface area (TPSA) is 78.4 Å². The first-order chi connectivity index (χ1) is 8.88. The highest BCUT2D eigenvalue weighted by molar-refractivity contribution is 6.30.